The number of hydrogen-bond acceptors (Lipinski definition) is 5. The van der Waals surface area contributed by atoms with E-state index in [9.17, 15) is 0 Å². The number of rotatable bonds is 3. The lowest BCUT2D eigenvalue weighted by Gasteiger charge is -2.28. The average molecular weight is 331 g/mol. The molecule has 2 heterocycles. The van der Waals surface area contributed by atoms with Crippen molar-refractivity contribution >= 4 is 5.69 Å². The summed E-state index contributed by atoms with van der Waals surface area (Å²) < 4.78 is 5.40. The fourth-order valence-electron chi connectivity index (χ4n) is 3.02. The van der Waals surface area contributed by atoms with Crippen LogP contribution in [0.25, 0.3) is 22.4 Å². The Morgan fingerprint density at radius 1 is 0.880 bits per heavy atom. The Labute approximate surface area is 145 Å². The van der Waals surface area contributed by atoms with E-state index >= 15 is 0 Å². The first kappa shape index (κ1) is 15.4. The van der Waals surface area contributed by atoms with Crippen molar-refractivity contribution in [2.24, 2.45) is 0 Å². The third-order valence-electron chi connectivity index (χ3n) is 4.39. The molecule has 0 atom stereocenters. The molecular weight excluding hydrogens is 314 g/mol. The van der Waals surface area contributed by atoms with Crippen molar-refractivity contribution in [2.45, 2.75) is 0 Å². The molecule has 1 fully saturated rings. The molecule has 1 aromatic heterocycles. The molecule has 0 unspecified atom stereocenters. The van der Waals surface area contributed by atoms with Crippen LogP contribution in [-0.2, 0) is 4.74 Å². The van der Waals surface area contributed by atoms with E-state index in [-0.39, 0.29) is 0 Å². The van der Waals surface area contributed by atoms with Gasteiger partial charge >= 0.3 is 0 Å². The molecule has 0 amide bonds. The molecule has 1 saturated heterocycles. The minimum atomic E-state index is 0.308. The summed E-state index contributed by atoms with van der Waals surface area (Å²) in [5, 5.41) is 19.4. The second-order valence-electron chi connectivity index (χ2n) is 5.86. The van der Waals surface area contributed by atoms with E-state index in [1.165, 1.54) is 5.69 Å². The van der Waals surface area contributed by atoms with E-state index in [2.05, 4.69) is 44.6 Å². The summed E-state index contributed by atoms with van der Waals surface area (Å²) in [6.07, 6.45) is 0. The van der Waals surface area contributed by atoms with Crippen molar-refractivity contribution in [3.63, 3.8) is 0 Å². The number of hydrogen-bond donors (Lipinski definition) is 1. The molecule has 4 rings (SSSR count). The van der Waals surface area contributed by atoms with Crippen LogP contribution in [0, 0.1) is 11.3 Å². The normalized spacial score (nSPS) is 14.3. The van der Waals surface area contributed by atoms with Gasteiger partial charge in [-0.3, -0.25) is 0 Å². The number of morpholine rings is 1. The molecule has 6 heteroatoms. The minimum absolute atomic E-state index is 0.308. The van der Waals surface area contributed by atoms with E-state index in [0.717, 1.165) is 43.0 Å². The van der Waals surface area contributed by atoms with Crippen LogP contribution in [0.5, 0.6) is 0 Å². The van der Waals surface area contributed by atoms with E-state index in [1.807, 2.05) is 30.3 Å². The van der Waals surface area contributed by atoms with Crippen LogP contribution >= 0.6 is 0 Å². The zero-order chi connectivity index (χ0) is 17.1. The fourth-order valence-corrected chi connectivity index (χ4v) is 3.02. The highest BCUT2D eigenvalue weighted by molar-refractivity contribution is 5.71. The van der Waals surface area contributed by atoms with Crippen LogP contribution < -0.4 is 4.90 Å². The maximum Gasteiger partial charge on any atom is 0.190 e. The molecule has 0 bridgehead atoms. The predicted octanol–water partition coefficient (Wildman–Crippen LogP) is 2.85. The van der Waals surface area contributed by atoms with Gasteiger partial charge in [-0.1, -0.05) is 36.4 Å². The van der Waals surface area contributed by atoms with Crippen LogP contribution in [0.2, 0.25) is 0 Å². The van der Waals surface area contributed by atoms with E-state index in [1.54, 1.807) is 0 Å². The Bertz CT molecular complexity index is 887. The first-order valence-corrected chi connectivity index (χ1v) is 8.19. The first-order valence-electron chi connectivity index (χ1n) is 8.19. The summed E-state index contributed by atoms with van der Waals surface area (Å²) in [5.74, 6) is 0. The van der Waals surface area contributed by atoms with Gasteiger partial charge in [-0.05, 0) is 23.3 Å². The fraction of sp³-hybridized carbons (Fsp3) is 0.211. The number of nitrogens with one attached hydrogen (secondary N) is 1. The van der Waals surface area contributed by atoms with Gasteiger partial charge in [-0.2, -0.15) is 15.6 Å². The van der Waals surface area contributed by atoms with Crippen molar-refractivity contribution < 1.29 is 4.74 Å². The van der Waals surface area contributed by atoms with Crippen molar-refractivity contribution in [1.29, 1.82) is 5.26 Å². The number of aromatic amines is 1. The third kappa shape index (κ3) is 3.10. The second-order valence-corrected chi connectivity index (χ2v) is 5.86. The molecule has 1 aliphatic rings. The van der Waals surface area contributed by atoms with Crippen LogP contribution in [-0.4, -0.2) is 41.7 Å². The molecule has 25 heavy (non-hydrogen) atoms. The monoisotopic (exact) mass is 331 g/mol. The lowest BCUT2D eigenvalue weighted by Crippen LogP contribution is -2.36. The summed E-state index contributed by atoms with van der Waals surface area (Å²) in [6, 6.07) is 18.6. The largest absolute Gasteiger partial charge is 0.378 e. The van der Waals surface area contributed by atoms with Crippen molar-refractivity contribution in [3.8, 4) is 28.5 Å². The molecule has 124 valence electrons. The van der Waals surface area contributed by atoms with Crippen LogP contribution in [0.4, 0.5) is 5.69 Å². The summed E-state index contributed by atoms with van der Waals surface area (Å²) in [5.41, 5.74) is 5.27. The average Bonchev–Trinajstić information content (AvgIpc) is 3.18. The van der Waals surface area contributed by atoms with Gasteiger partial charge < -0.3 is 9.64 Å². The molecular formula is C19H17N5O. The van der Waals surface area contributed by atoms with Crippen molar-refractivity contribution in [3.05, 3.63) is 54.2 Å². The Kier molecular flexibility index (Phi) is 4.15. The number of nitrogens with zero attached hydrogens (tertiary/aromatic N) is 4. The maximum absolute atomic E-state index is 9.05. The maximum atomic E-state index is 9.05. The smallest absolute Gasteiger partial charge is 0.190 e. The SMILES string of the molecule is N#Cc1n[nH]nc1-c1ccc(-c2ccc(N3CCOCC3)cc2)cc1. The number of aromatic nitrogens is 3. The van der Waals surface area contributed by atoms with Gasteiger partial charge in [0.2, 0.25) is 0 Å². The van der Waals surface area contributed by atoms with Crippen LogP contribution in [0.15, 0.2) is 48.5 Å². The Hall–Kier alpha value is -3.17. The molecule has 0 aliphatic carbocycles. The van der Waals surface area contributed by atoms with Gasteiger partial charge in [0.25, 0.3) is 0 Å². The quantitative estimate of drug-likeness (QED) is 0.798. The van der Waals surface area contributed by atoms with Crippen molar-refractivity contribution in [1.82, 2.24) is 15.4 Å². The summed E-state index contributed by atoms with van der Waals surface area (Å²) in [6.45, 7) is 3.45. The molecule has 6 nitrogen and oxygen atoms in total. The number of H-pyrrole nitrogens is 1. The first-order chi connectivity index (χ1) is 12.3. The van der Waals surface area contributed by atoms with E-state index < -0.39 is 0 Å². The van der Waals surface area contributed by atoms with Crippen LogP contribution in [0.3, 0.4) is 0 Å². The minimum Gasteiger partial charge on any atom is -0.378 e. The highest BCUT2D eigenvalue weighted by Crippen LogP contribution is 2.27. The summed E-state index contributed by atoms with van der Waals surface area (Å²) in [7, 11) is 0. The van der Waals surface area contributed by atoms with Crippen molar-refractivity contribution in [2.75, 3.05) is 31.2 Å². The van der Waals surface area contributed by atoms with Gasteiger partial charge in [0.1, 0.15) is 11.8 Å². The molecule has 0 spiro atoms. The third-order valence-corrected chi connectivity index (χ3v) is 4.39. The Morgan fingerprint density at radius 2 is 1.48 bits per heavy atom. The summed E-state index contributed by atoms with van der Waals surface area (Å²) in [4.78, 5) is 2.34. The standard InChI is InChI=1S/C19H17N5O/c20-13-18-19(22-23-21-18)16-3-1-14(2-4-16)15-5-7-17(8-6-15)24-9-11-25-12-10-24/h1-8H,9-12H2,(H,21,22,23). The molecule has 0 radical (unpaired) electrons. The van der Waals surface area contributed by atoms with Gasteiger partial charge in [0, 0.05) is 24.3 Å². The Balaban J connectivity index is 1.55. The molecule has 3 aromatic rings. The predicted molar refractivity (Wildman–Crippen MR) is 95.0 cm³/mol. The highest BCUT2D eigenvalue weighted by Gasteiger charge is 2.12. The summed E-state index contributed by atoms with van der Waals surface area (Å²) >= 11 is 0. The van der Waals surface area contributed by atoms with Gasteiger partial charge in [0.05, 0.1) is 13.2 Å². The Morgan fingerprint density at radius 3 is 2.12 bits per heavy atom. The lowest BCUT2D eigenvalue weighted by molar-refractivity contribution is 0.122. The number of benzene rings is 2. The number of anilines is 1. The van der Waals surface area contributed by atoms with Gasteiger partial charge in [-0.25, -0.2) is 0 Å². The molecule has 0 saturated carbocycles. The van der Waals surface area contributed by atoms with Crippen LogP contribution in [0.1, 0.15) is 5.69 Å². The molecule has 1 aliphatic heterocycles. The zero-order valence-corrected chi connectivity index (χ0v) is 13.6. The number of nitriles is 1. The highest BCUT2D eigenvalue weighted by atomic mass is 16.5. The number of ether oxygens (including phenoxy) is 1. The zero-order valence-electron chi connectivity index (χ0n) is 13.6. The molecule has 1 N–H and O–H groups in total. The van der Waals surface area contributed by atoms with Gasteiger partial charge in [0.15, 0.2) is 5.69 Å². The lowest BCUT2D eigenvalue weighted by atomic mass is 10.0. The van der Waals surface area contributed by atoms with Gasteiger partial charge in [-0.15, -0.1) is 5.10 Å². The topological polar surface area (TPSA) is 77.8 Å². The molecule has 2 aromatic carbocycles. The van der Waals surface area contributed by atoms with E-state index in [0.29, 0.717) is 11.4 Å². The second kappa shape index (κ2) is 6.75. The van der Waals surface area contributed by atoms with E-state index in [4.69, 9.17) is 10.00 Å².